The first kappa shape index (κ1) is 20.3. The summed E-state index contributed by atoms with van der Waals surface area (Å²) in [7, 11) is 0. The number of hydrogen-bond acceptors (Lipinski definition) is 7. The number of halogens is 1. The number of ether oxygens (including phenoxy) is 2. The highest BCUT2D eigenvalue weighted by Crippen LogP contribution is 2.34. The van der Waals surface area contributed by atoms with E-state index in [1.165, 1.54) is 23.9 Å². The van der Waals surface area contributed by atoms with Crippen molar-refractivity contribution in [3.8, 4) is 11.5 Å². The maximum Gasteiger partial charge on any atom is 0.245 e. The van der Waals surface area contributed by atoms with Crippen LogP contribution in [0.15, 0.2) is 77.4 Å². The highest BCUT2D eigenvalue weighted by atomic mass is 32.2. The molecule has 1 atom stereocenters. The molecule has 3 heterocycles. The number of thioether (sulfide) groups is 1. The van der Waals surface area contributed by atoms with Crippen molar-refractivity contribution >= 4 is 17.6 Å². The first-order valence-corrected chi connectivity index (χ1v) is 10.9. The molecule has 0 fully saturated rings. The van der Waals surface area contributed by atoms with Gasteiger partial charge in [0.1, 0.15) is 12.1 Å². The number of anilines is 1. The van der Waals surface area contributed by atoms with Crippen LogP contribution >= 0.6 is 11.8 Å². The lowest BCUT2D eigenvalue weighted by molar-refractivity contribution is -0.0236. The van der Waals surface area contributed by atoms with E-state index in [0.29, 0.717) is 47.0 Å². The molecule has 0 amide bonds. The van der Waals surface area contributed by atoms with Crippen molar-refractivity contribution in [3.05, 3.63) is 89.2 Å². The van der Waals surface area contributed by atoms with E-state index in [1.54, 1.807) is 24.7 Å². The van der Waals surface area contributed by atoms with E-state index in [2.05, 4.69) is 15.0 Å². The smallest absolute Gasteiger partial charge is 0.245 e. The fraction of sp³-hybridized carbons (Fsp3) is 0.174. The van der Waals surface area contributed by atoms with Crippen molar-refractivity contribution in [1.29, 1.82) is 0 Å². The van der Waals surface area contributed by atoms with Crippen molar-refractivity contribution in [1.82, 2.24) is 19.5 Å². The highest BCUT2D eigenvalue weighted by Gasteiger charge is 2.25. The standard InChI is InChI=1S/C23H20FN5O2S/c24-17-8-6-15(7-9-17)10-11-29-14-26-21(25)20-22(29)28-23(27-20)32-19-13-30-18(31-19)12-16-4-2-1-3-5-16/h1-9,13-14,18H,10-12,25H2. The Kier molecular flexibility index (Phi) is 5.64. The van der Waals surface area contributed by atoms with Crippen LogP contribution < -0.4 is 5.73 Å². The normalized spacial score (nSPS) is 15.4. The Bertz CT molecular complexity index is 1210. The number of hydrogen-bond donors (Lipinski definition) is 1. The van der Waals surface area contributed by atoms with Gasteiger partial charge in [-0.05, 0) is 41.4 Å². The van der Waals surface area contributed by atoms with Crippen LogP contribution in [0.3, 0.4) is 0 Å². The number of fused-ring (bicyclic) bond motifs is 1. The molecule has 3 aliphatic rings. The van der Waals surface area contributed by atoms with Crippen LogP contribution in [0.4, 0.5) is 10.2 Å². The molecule has 0 spiro atoms. The van der Waals surface area contributed by atoms with Crippen molar-refractivity contribution in [2.45, 2.75) is 30.8 Å². The molecule has 0 saturated heterocycles. The quantitative estimate of drug-likeness (QED) is 0.451. The largest absolute Gasteiger partial charge is 0.458 e. The molecular weight excluding hydrogens is 429 g/mol. The van der Waals surface area contributed by atoms with Crippen LogP contribution in [0, 0.1) is 5.82 Å². The molecule has 3 aliphatic heterocycles. The molecule has 32 heavy (non-hydrogen) atoms. The van der Waals surface area contributed by atoms with Gasteiger partial charge in [-0.25, -0.2) is 19.3 Å². The number of benzene rings is 2. The van der Waals surface area contributed by atoms with Gasteiger partial charge in [0.05, 0.1) is 6.33 Å². The van der Waals surface area contributed by atoms with E-state index < -0.39 is 0 Å². The lowest BCUT2D eigenvalue weighted by Crippen LogP contribution is -2.11. The lowest BCUT2D eigenvalue weighted by Gasteiger charge is -2.11. The summed E-state index contributed by atoms with van der Waals surface area (Å²) in [6.45, 7) is 0.611. The van der Waals surface area contributed by atoms with E-state index in [4.69, 9.17) is 15.2 Å². The molecule has 9 heteroatoms. The van der Waals surface area contributed by atoms with Gasteiger partial charge in [0.25, 0.3) is 0 Å². The van der Waals surface area contributed by atoms with Gasteiger partial charge >= 0.3 is 0 Å². The molecule has 0 bridgehead atoms. The molecule has 2 aromatic carbocycles. The maximum absolute atomic E-state index is 13.1. The van der Waals surface area contributed by atoms with E-state index in [1.807, 2.05) is 34.9 Å². The molecule has 162 valence electrons. The molecule has 2 aromatic rings. The van der Waals surface area contributed by atoms with Gasteiger partial charge in [-0.3, -0.25) is 0 Å². The van der Waals surface area contributed by atoms with E-state index in [-0.39, 0.29) is 12.1 Å². The Morgan fingerprint density at radius 2 is 1.84 bits per heavy atom. The Morgan fingerprint density at radius 1 is 1.03 bits per heavy atom. The van der Waals surface area contributed by atoms with E-state index in [9.17, 15) is 4.39 Å². The van der Waals surface area contributed by atoms with Gasteiger partial charge in [0.15, 0.2) is 27.6 Å². The van der Waals surface area contributed by atoms with Gasteiger partial charge in [0, 0.05) is 13.0 Å². The molecule has 5 rings (SSSR count). The zero-order valence-electron chi connectivity index (χ0n) is 17.0. The fourth-order valence-electron chi connectivity index (χ4n) is 3.39. The topological polar surface area (TPSA) is 88.1 Å². The van der Waals surface area contributed by atoms with Crippen LogP contribution in [0.25, 0.3) is 11.5 Å². The summed E-state index contributed by atoms with van der Waals surface area (Å²) in [5.74, 6) is 0.708. The Morgan fingerprint density at radius 3 is 2.66 bits per heavy atom. The Hall–Kier alpha value is -3.59. The van der Waals surface area contributed by atoms with Gasteiger partial charge in [0.2, 0.25) is 6.29 Å². The zero-order valence-corrected chi connectivity index (χ0v) is 17.8. The van der Waals surface area contributed by atoms with Crippen molar-refractivity contribution in [3.63, 3.8) is 0 Å². The van der Waals surface area contributed by atoms with E-state index in [0.717, 1.165) is 11.1 Å². The van der Waals surface area contributed by atoms with Gasteiger partial charge in [-0.1, -0.05) is 42.5 Å². The number of imidazole rings is 1. The molecule has 0 saturated carbocycles. The number of aromatic nitrogens is 4. The van der Waals surface area contributed by atoms with E-state index >= 15 is 0 Å². The fourth-order valence-corrected chi connectivity index (χ4v) is 4.10. The van der Waals surface area contributed by atoms with Gasteiger partial charge in [-0.15, -0.1) is 0 Å². The number of nitrogen functional groups attached to an aromatic ring is 1. The first-order chi connectivity index (χ1) is 15.6. The third kappa shape index (κ3) is 4.52. The second-order valence-corrected chi connectivity index (χ2v) is 8.26. The average Bonchev–Trinajstić information content (AvgIpc) is 3.43. The first-order valence-electron chi connectivity index (χ1n) is 10.1. The molecule has 0 aromatic heterocycles. The van der Waals surface area contributed by atoms with Gasteiger partial charge in [-0.2, -0.15) is 0 Å². The lowest BCUT2D eigenvalue weighted by atomic mass is 10.1. The predicted molar refractivity (Wildman–Crippen MR) is 119 cm³/mol. The Balaban J connectivity index is 1.27. The second-order valence-electron chi connectivity index (χ2n) is 7.29. The SMILES string of the molecule is Nc1ncn(CCc2ccc(F)cc2)c2nc(SC3=COC(Cc4ccccc4)O3)nc1-2. The van der Waals surface area contributed by atoms with Crippen LogP contribution in [0.5, 0.6) is 0 Å². The summed E-state index contributed by atoms with van der Waals surface area (Å²) in [6.07, 6.45) is 4.20. The summed E-state index contributed by atoms with van der Waals surface area (Å²) < 4.78 is 26.5. The summed E-state index contributed by atoms with van der Waals surface area (Å²) in [5.41, 5.74) is 8.72. The minimum Gasteiger partial charge on any atom is -0.458 e. The van der Waals surface area contributed by atoms with Crippen LogP contribution in [-0.4, -0.2) is 25.8 Å². The van der Waals surface area contributed by atoms with Gasteiger partial charge < -0.3 is 19.8 Å². The minimum atomic E-state index is -0.378. The third-order valence-corrected chi connectivity index (χ3v) is 5.79. The number of rotatable bonds is 7. The molecule has 1 unspecified atom stereocenters. The van der Waals surface area contributed by atoms with Crippen molar-refractivity contribution in [2.24, 2.45) is 0 Å². The summed E-state index contributed by atoms with van der Waals surface area (Å²) in [4.78, 5) is 13.4. The molecular formula is C23H20FN5O2S. The Labute approximate surface area is 188 Å². The maximum atomic E-state index is 13.1. The predicted octanol–water partition coefficient (Wildman–Crippen LogP) is 4.25. The molecule has 2 N–H and O–H groups in total. The number of aryl methyl sites for hydroxylation is 2. The van der Waals surface area contributed by atoms with Crippen molar-refractivity contribution < 1.29 is 13.9 Å². The minimum absolute atomic E-state index is 0.250. The van der Waals surface area contributed by atoms with Crippen LogP contribution in [0.2, 0.25) is 0 Å². The number of nitrogens with two attached hydrogens (primary N) is 1. The highest BCUT2D eigenvalue weighted by molar-refractivity contribution is 8.02. The molecule has 0 aliphatic carbocycles. The number of nitrogens with zero attached hydrogens (tertiary/aromatic N) is 4. The summed E-state index contributed by atoms with van der Waals surface area (Å²) in [5, 5.41) is 1.09. The second kappa shape index (κ2) is 8.88. The average molecular weight is 450 g/mol. The molecule has 0 radical (unpaired) electrons. The third-order valence-electron chi connectivity index (χ3n) is 5.03. The molecule has 7 nitrogen and oxygen atoms in total. The zero-order chi connectivity index (χ0) is 21.9. The summed E-state index contributed by atoms with van der Waals surface area (Å²) in [6, 6.07) is 16.5. The van der Waals surface area contributed by atoms with Crippen LogP contribution in [-0.2, 0) is 28.9 Å². The van der Waals surface area contributed by atoms with Crippen molar-refractivity contribution in [2.75, 3.05) is 5.73 Å². The summed E-state index contributed by atoms with van der Waals surface area (Å²) >= 11 is 1.28. The van der Waals surface area contributed by atoms with Crippen LogP contribution in [0.1, 0.15) is 11.1 Å². The monoisotopic (exact) mass is 449 g/mol.